The molecular weight excluding hydrogens is 476 g/mol. The molecule has 2 aromatic heterocycles. The first-order valence-electron chi connectivity index (χ1n) is 12.0. The van der Waals surface area contributed by atoms with Crippen LogP contribution in [0.5, 0.6) is 5.75 Å². The van der Waals surface area contributed by atoms with Crippen molar-refractivity contribution in [3.8, 4) is 5.75 Å². The zero-order valence-electron chi connectivity index (χ0n) is 21.9. The lowest BCUT2D eigenvalue weighted by molar-refractivity contribution is -0.120. The Morgan fingerprint density at radius 3 is 2.59 bits per heavy atom. The molecular formula is C26H32N6O5. The zero-order chi connectivity index (χ0) is 27.1. The molecule has 0 bridgehead atoms. The van der Waals surface area contributed by atoms with Gasteiger partial charge in [0.15, 0.2) is 6.04 Å². The molecule has 1 aromatic carbocycles. The second kappa shape index (κ2) is 12.0. The highest BCUT2D eigenvalue weighted by atomic mass is 16.5. The minimum atomic E-state index is -0.787. The number of allylic oxidation sites excluding steroid dienone is 1. The average molecular weight is 509 g/mol. The summed E-state index contributed by atoms with van der Waals surface area (Å²) in [5, 5.41) is 8.80. The summed E-state index contributed by atoms with van der Waals surface area (Å²) < 4.78 is 12.3. The number of nitrogens with one attached hydrogen (secondary N) is 2. The number of hydrogen-bond acceptors (Lipinski definition) is 7. The van der Waals surface area contributed by atoms with Crippen LogP contribution in [0.2, 0.25) is 0 Å². The van der Waals surface area contributed by atoms with Crippen molar-refractivity contribution in [3.05, 3.63) is 65.1 Å². The van der Waals surface area contributed by atoms with Gasteiger partial charge in [-0.2, -0.15) is 5.10 Å². The molecule has 2 aliphatic heterocycles. The molecule has 0 aliphatic carbocycles. The van der Waals surface area contributed by atoms with E-state index in [1.807, 2.05) is 39.0 Å². The summed E-state index contributed by atoms with van der Waals surface area (Å²) >= 11 is 0. The summed E-state index contributed by atoms with van der Waals surface area (Å²) in [5.41, 5.74) is 3.61. The van der Waals surface area contributed by atoms with Crippen LogP contribution in [-0.2, 0) is 11.3 Å². The molecule has 4 amide bonds. The van der Waals surface area contributed by atoms with Crippen molar-refractivity contribution in [1.82, 2.24) is 30.3 Å². The first-order valence-corrected chi connectivity index (χ1v) is 12.0. The SMILES string of the molecule is CC.CC/C(=C\c1cc(C2NC(=O)NC2=O)oc1C)n1cncn1.COc1ccc2c(c1)C(=O)N(C)C2. The third-order valence-corrected chi connectivity index (χ3v) is 5.73. The molecule has 0 radical (unpaired) electrons. The van der Waals surface area contributed by atoms with E-state index in [9.17, 15) is 14.4 Å². The Morgan fingerprint density at radius 1 is 1.24 bits per heavy atom. The summed E-state index contributed by atoms with van der Waals surface area (Å²) in [6.07, 6.45) is 5.77. The number of fused-ring (bicyclic) bond motifs is 1. The number of carbonyl (C=O) groups is 3. The van der Waals surface area contributed by atoms with Crippen molar-refractivity contribution >= 4 is 29.6 Å². The summed E-state index contributed by atoms with van der Waals surface area (Å²) in [7, 11) is 3.40. The van der Waals surface area contributed by atoms with Crippen molar-refractivity contribution < 1.29 is 23.5 Å². The maximum atomic E-state index is 11.7. The number of benzene rings is 1. The first kappa shape index (κ1) is 27.2. The maximum absolute atomic E-state index is 11.7. The summed E-state index contributed by atoms with van der Waals surface area (Å²) in [6.45, 7) is 8.52. The molecule has 3 aromatic rings. The van der Waals surface area contributed by atoms with E-state index in [1.165, 1.54) is 6.33 Å². The number of aromatic nitrogens is 3. The van der Waals surface area contributed by atoms with Gasteiger partial charge >= 0.3 is 6.03 Å². The van der Waals surface area contributed by atoms with E-state index in [4.69, 9.17) is 9.15 Å². The second-order valence-corrected chi connectivity index (χ2v) is 8.07. The monoisotopic (exact) mass is 508 g/mol. The quantitative estimate of drug-likeness (QED) is 0.502. The van der Waals surface area contributed by atoms with Gasteiger partial charge in [0, 0.05) is 30.4 Å². The molecule has 1 saturated heterocycles. The number of methoxy groups -OCH3 is 1. The van der Waals surface area contributed by atoms with Crippen LogP contribution < -0.4 is 15.4 Å². The predicted octanol–water partition coefficient (Wildman–Crippen LogP) is 3.78. The molecule has 1 unspecified atom stereocenters. The van der Waals surface area contributed by atoms with Crippen LogP contribution >= 0.6 is 0 Å². The highest BCUT2D eigenvalue weighted by molar-refractivity contribution is 6.04. The predicted molar refractivity (Wildman–Crippen MR) is 137 cm³/mol. The Labute approximate surface area is 215 Å². The number of nitrogens with zero attached hydrogens (tertiary/aromatic N) is 4. The number of furan rings is 1. The molecule has 0 spiro atoms. The number of aryl methyl sites for hydroxylation is 1. The van der Waals surface area contributed by atoms with E-state index >= 15 is 0 Å². The van der Waals surface area contributed by atoms with E-state index in [-0.39, 0.29) is 5.91 Å². The second-order valence-electron chi connectivity index (χ2n) is 8.07. The third kappa shape index (κ3) is 6.05. The normalized spacial score (nSPS) is 16.3. The number of imide groups is 1. The topological polar surface area (TPSA) is 132 Å². The molecule has 0 saturated carbocycles. The molecule has 2 aliphatic rings. The van der Waals surface area contributed by atoms with Crippen molar-refractivity contribution in [1.29, 1.82) is 0 Å². The average Bonchev–Trinajstić information content (AvgIpc) is 3.68. The Morgan fingerprint density at radius 2 is 2.00 bits per heavy atom. The minimum absolute atomic E-state index is 0.0777. The van der Waals surface area contributed by atoms with Crippen LogP contribution in [0, 0.1) is 6.92 Å². The molecule has 196 valence electrons. The van der Waals surface area contributed by atoms with Crippen LogP contribution in [0.15, 0.2) is 41.3 Å². The molecule has 5 rings (SSSR count). The van der Waals surface area contributed by atoms with E-state index < -0.39 is 18.0 Å². The Kier molecular flexibility index (Phi) is 8.83. The lowest BCUT2D eigenvalue weighted by Crippen LogP contribution is -2.22. The van der Waals surface area contributed by atoms with E-state index in [0.717, 1.165) is 34.6 Å². The van der Waals surface area contributed by atoms with Gasteiger partial charge in [0.1, 0.15) is 29.9 Å². The van der Waals surface area contributed by atoms with Gasteiger partial charge in [0.2, 0.25) is 0 Å². The molecule has 11 heteroatoms. The van der Waals surface area contributed by atoms with Crippen LogP contribution in [0.1, 0.15) is 66.2 Å². The van der Waals surface area contributed by atoms with Gasteiger partial charge < -0.3 is 19.4 Å². The van der Waals surface area contributed by atoms with Gasteiger partial charge in [-0.15, -0.1) is 0 Å². The van der Waals surface area contributed by atoms with Crippen LogP contribution in [0.25, 0.3) is 11.8 Å². The molecule has 2 N–H and O–H groups in total. The molecule has 37 heavy (non-hydrogen) atoms. The number of urea groups is 1. The number of rotatable bonds is 5. The molecule has 11 nitrogen and oxygen atoms in total. The van der Waals surface area contributed by atoms with E-state index in [1.54, 1.807) is 49.1 Å². The van der Waals surface area contributed by atoms with Crippen LogP contribution in [0.4, 0.5) is 4.79 Å². The largest absolute Gasteiger partial charge is 0.497 e. The highest BCUT2D eigenvalue weighted by Gasteiger charge is 2.33. The summed E-state index contributed by atoms with van der Waals surface area (Å²) in [5.74, 6) is 1.47. The van der Waals surface area contributed by atoms with E-state index in [0.29, 0.717) is 18.1 Å². The lowest BCUT2D eigenvalue weighted by atomic mass is 10.1. The van der Waals surface area contributed by atoms with Gasteiger partial charge in [0.25, 0.3) is 11.8 Å². The van der Waals surface area contributed by atoms with E-state index in [2.05, 4.69) is 20.7 Å². The van der Waals surface area contributed by atoms with Crippen molar-refractivity contribution in [2.24, 2.45) is 0 Å². The molecule has 1 fully saturated rings. The fourth-order valence-electron chi connectivity index (χ4n) is 3.84. The summed E-state index contributed by atoms with van der Waals surface area (Å²) in [6, 6.07) is 6.06. The number of hydrogen-bond donors (Lipinski definition) is 2. The van der Waals surface area contributed by atoms with Gasteiger partial charge in [0.05, 0.1) is 7.11 Å². The van der Waals surface area contributed by atoms with Crippen LogP contribution in [0.3, 0.4) is 0 Å². The third-order valence-electron chi connectivity index (χ3n) is 5.73. The van der Waals surface area contributed by atoms with Crippen molar-refractivity contribution in [2.45, 2.75) is 46.7 Å². The summed E-state index contributed by atoms with van der Waals surface area (Å²) in [4.78, 5) is 40.0. The number of carbonyl (C=O) groups excluding carboxylic acids is 3. The van der Waals surface area contributed by atoms with Crippen molar-refractivity contribution in [3.63, 3.8) is 0 Å². The zero-order valence-corrected chi connectivity index (χ0v) is 21.9. The number of amides is 4. The first-order chi connectivity index (χ1) is 17.8. The number of ether oxygens (including phenoxy) is 1. The molecule has 1 atom stereocenters. The minimum Gasteiger partial charge on any atom is -0.497 e. The Balaban J connectivity index is 0.000000216. The maximum Gasteiger partial charge on any atom is 0.322 e. The standard InChI is InChI=1S/C14H15N5O3.C10H11NO2.C2H6/c1-3-10(19-7-15-6-16-19)4-9-5-11(22-8(9)2)12-13(20)18-14(21)17-12;1-11-6-7-3-4-8(13-2)5-9(7)10(11)12;1-2/h4-7,12H,3H2,1-2H3,(H2,17,18,20,21);3-5H,6H2,1-2H3;1-2H3/b10-4+;;. The fraction of sp³-hybridized carbons (Fsp3) is 0.346. The smallest absolute Gasteiger partial charge is 0.322 e. The van der Waals surface area contributed by atoms with Crippen LogP contribution in [-0.4, -0.2) is 51.7 Å². The van der Waals surface area contributed by atoms with Gasteiger partial charge in [-0.3, -0.25) is 14.9 Å². The molecule has 4 heterocycles. The Bertz CT molecular complexity index is 1290. The Hall–Kier alpha value is -4.41. The van der Waals surface area contributed by atoms with Gasteiger partial charge in [-0.25, -0.2) is 14.5 Å². The highest BCUT2D eigenvalue weighted by Crippen LogP contribution is 2.26. The fourth-order valence-corrected chi connectivity index (χ4v) is 3.84. The van der Waals surface area contributed by atoms with Gasteiger partial charge in [-0.05, 0) is 43.2 Å². The van der Waals surface area contributed by atoms with Crippen molar-refractivity contribution in [2.75, 3.05) is 14.2 Å². The van der Waals surface area contributed by atoms with Gasteiger partial charge in [-0.1, -0.05) is 26.8 Å². The lowest BCUT2D eigenvalue weighted by Gasteiger charge is -2.04.